The molecule has 2 aromatic rings. The lowest BCUT2D eigenvalue weighted by Crippen LogP contribution is -2.43. The van der Waals surface area contributed by atoms with Crippen molar-refractivity contribution in [3.05, 3.63) is 35.5 Å². The normalized spacial score (nSPS) is 11.8. The van der Waals surface area contributed by atoms with E-state index in [1.165, 1.54) is 0 Å². The lowest BCUT2D eigenvalue weighted by atomic mass is 9.81. The van der Waals surface area contributed by atoms with Gasteiger partial charge in [-0.05, 0) is 46.2 Å². The van der Waals surface area contributed by atoms with Crippen LogP contribution in [0.25, 0.3) is 10.9 Å². The molecule has 2 rings (SSSR count). The van der Waals surface area contributed by atoms with E-state index in [4.69, 9.17) is 0 Å². The van der Waals surface area contributed by atoms with Crippen molar-refractivity contribution >= 4 is 16.8 Å². The molecule has 108 valence electrons. The number of H-pyrrole nitrogens is 1. The van der Waals surface area contributed by atoms with Gasteiger partial charge in [0.15, 0.2) is 0 Å². The Morgan fingerprint density at radius 3 is 2.40 bits per heavy atom. The van der Waals surface area contributed by atoms with Gasteiger partial charge in [-0.1, -0.05) is 18.2 Å². The maximum atomic E-state index is 12.8. The van der Waals surface area contributed by atoms with Crippen LogP contribution in [0.4, 0.5) is 0 Å². The van der Waals surface area contributed by atoms with Crippen LogP contribution in [0, 0.1) is 6.92 Å². The highest BCUT2D eigenvalue weighted by Crippen LogP contribution is 2.34. The Bertz CT molecular complexity index is 621. The SMILES string of the molecule is CCN(CC)C(=O)C(C)(C)c1c(C)[nH]c2ccccc12. The van der Waals surface area contributed by atoms with E-state index in [1.54, 1.807) is 0 Å². The number of rotatable bonds is 4. The van der Waals surface area contributed by atoms with Crippen molar-refractivity contribution in [3.8, 4) is 0 Å². The number of hydrogen-bond donors (Lipinski definition) is 1. The molecule has 3 nitrogen and oxygen atoms in total. The zero-order valence-electron chi connectivity index (χ0n) is 13.1. The molecule has 1 aromatic carbocycles. The Balaban J connectivity index is 2.56. The van der Waals surface area contributed by atoms with E-state index in [0.717, 1.165) is 35.2 Å². The monoisotopic (exact) mass is 272 g/mol. The first-order valence-electron chi connectivity index (χ1n) is 7.30. The first-order chi connectivity index (χ1) is 9.43. The molecule has 0 aliphatic rings. The third kappa shape index (κ3) is 2.21. The fourth-order valence-electron chi connectivity index (χ4n) is 3.10. The van der Waals surface area contributed by atoms with E-state index in [1.807, 2.05) is 51.7 Å². The molecule has 0 aliphatic carbocycles. The zero-order chi connectivity index (χ0) is 14.9. The summed E-state index contributed by atoms with van der Waals surface area (Å²) in [4.78, 5) is 18.1. The molecule has 20 heavy (non-hydrogen) atoms. The second-order valence-corrected chi connectivity index (χ2v) is 5.77. The average Bonchev–Trinajstić information content (AvgIpc) is 2.76. The third-order valence-electron chi connectivity index (χ3n) is 4.10. The number of likely N-dealkylation sites (N-methyl/N-ethyl adjacent to an activating group) is 1. The molecule has 3 heteroatoms. The molecule has 0 bridgehead atoms. The highest BCUT2D eigenvalue weighted by Gasteiger charge is 2.36. The van der Waals surface area contributed by atoms with E-state index in [9.17, 15) is 4.79 Å². The standard InChI is InChI=1S/C17H24N2O/c1-6-19(7-2)16(20)17(4,5)15-12(3)18-14-11-9-8-10-13(14)15/h8-11,18H,6-7H2,1-5H3. The van der Waals surface area contributed by atoms with Gasteiger partial charge in [0.1, 0.15) is 0 Å². The summed E-state index contributed by atoms with van der Waals surface area (Å²) in [7, 11) is 0. The number of aromatic nitrogens is 1. The predicted octanol–water partition coefficient (Wildman–Crippen LogP) is 3.62. The number of amides is 1. The molecule has 0 saturated carbocycles. The molecular formula is C17H24N2O. The molecule has 0 atom stereocenters. The summed E-state index contributed by atoms with van der Waals surface area (Å²) < 4.78 is 0. The fraction of sp³-hybridized carbons (Fsp3) is 0.471. The number of fused-ring (bicyclic) bond motifs is 1. The maximum absolute atomic E-state index is 12.8. The predicted molar refractivity (Wildman–Crippen MR) is 84.0 cm³/mol. The van der Waals surface area contributed by atoms with E-state index < -0.39 is 5.41 Å². The van der Waals surface area contributed by atoms with Gasteiger partial charge in [-0.25, -0.2) is 0 Å². The summed E-state index contributed by atoms with van der Waals surface area (Å²) >= 11 is 0. The van der Waals surface area contributed by atoms with Gasteiger partial charge in [0.05, 0.1) is 5.41 Å². The minimum atomic E-state index is -0.518. The number of aromatic amines is 1. The maximum Gasteiger partial charge on any atom is 0.232 e. The molecule has 0 saturated heterocycles. The number of nitrogens with one attached hydrogen (secondary N) is 1. The van der Waals surface area contributed by atoms with E-state index in [2.05, 4.69) is 17.1 Å². The Hall–Kier alpha value is -1.77. The second kappa shape index (κ2) is 5.31. The van der Waals surface area contributed by atoms with Crippen molar-refractivity contribution in [2.24, 2.45) is 0 Å². The number of aryl methyl sites for hydroxylation is 1. The van der Waals surface area contributed by atoms with Gasteiger partial charge in [-0.2, -0.15) is 0 Å². The van der Waals surface area contributed by atoms with Crippen LogP contribution in [-0.4, -0.2) is 28.9 Å². The second-order valence-electron chi connectivity index (χ2n) is 5.77. The lowest BCUT2D eigenvalue weighted by Gasteiger charge is -2.31. The molecule has 1 heterocycles. The highest BCUT2D eigenvalue weighted by atomic mass is 16.2. The van der Waals surface area contributed by atoms with Crippen LogP contribution in [0.5, 0.6) is 0 Å². The molecule has 1 aromatic heterocycles. The van der Waals surface area contributed by atoms with Crippen LogP contribution in [0.3, 0.4) is 0 Å². The number of carbonyl (C=O) groups is 1. The van der Waals surface area contributed by atoms with Crippen molar-refractivity contribution < 1.29 is 4.79 Å². The van der Waals surface area contributed by atoms with Crippen LogP contribution < -0.4 is 0 Å². The number of nitrogens with zero attached hydrogens (tertiary/aromatic N) is 1. The van der Waals surface area contributed by atoms with Crippen LogP contribution >= 0.6 is 0 Å². The van der Waals surface area contributed by atoms with Gasteiger partial charge in [-0.15, -0.1) is 0 Å². The molecule has 0 unspecified atom stereocenters. The Kier molecular flexibility index (Phi) is 3.89. The summed E-state index contributed by atoms with van der Waals surface area (Å²) in [6, 6.07) is 8.19. The Morgan fingerprint density at radius 1 is 1.20 bits per heavy atom. The Labute approximate surface area is 121 Å². The number of hydrogen-bond acceptors (Lipinski definition) is 1. The summed E-state index contributed by atoms with van der Waals surface area (Å²) in [5.74, 6) is 0.190. The number of carbonyl (C=O) groups excluding carboxylic acids is 1. The zero-order valence-corrected chi connectivity index (χ0v) is 13.1. The van der Waals surface area contributed by atoms with Gasteiger partial charge >= 0.3 is 0 Å². The lowest BCUT2D eigenvalue weighted by molar-refractivity contribution is -0.135. The van der Waals surface area contributed by atoms with Gasteiger partial charge in [0, 0.05) is 29.7 Å². The van der Waals surface area contributed by atoms with Gasteiger partial charge in [0.2, 0.25) is 5.91 Å². The van der Waals surface area contributed by atoms with Crippen molar-refractivity contribution in [2.45, 2.75) is 40.0 Å². The van der Waals surface area contributed by atoms with Crippen molar-refractivity contribution in [1.29, 1.82) is 0 Å². The van der Waals surface area contributed by atoms with Gasteiger partial charge < -0.3 is 9.88 Å². The number of para-hydroxylation sites is 1. The third-order valence-corrected chi connectivity index (χ3v) is 4.10. The quantitative estimate of drug-likeness (QED) is 0.906. The fourth-order valence-corrected chi connectivity index (χ4v) is 3.10. The Morgan fingerprint density at radius 2 is 1.80 bits per heavy atom. The molecule has 0 radical (unpaired) electrons. The van der Waals surface area contributed by atoms with Crippen LogP contribution in [-0.2, 0) is 10.2 Å². The largest absolute Gasteiger partial charge is 0.358 e. The summed E-state index contributed by atoms with van der Waals surface area (Å²) in [6.45, 7) is 11.7. The van der Waals surface area contributed by atoms with Crippen molar-refractivity contribution in [2.75, 3.05) is 13.1 Å². The van der Waals surface area contributed by atoms with E-state index in [0.29, 0.717) is 0 Å². The van der Waals surface area contributed by atoms with Crippen LogP contribution in [0.2, 0.25) is 0 Å². The minimum Gasteiger partial charge on any atom is -0.358 e. The molecule has 0 aliphatic heterocycles. The van der Waals surface area contributed by atoms with E-state index in [-0.39, 0.29) is 5.91 Å². The molecule has 1 N–H and O–H groups in total. The first kappa shape index (κ1) is 14.6. The minimum absolute atomic E-state index is 0.190. The topological polar surface area (TPSA) is 36.1 Å². The van der Waals surface area contributed by atoms with E-state index >= 15 is 0 Å². The highest BCUT2D eigenvalue weighted by molar-refractivity contribution is 5.95. The summed E-state index contributed by atoms with van der Waals surface area (Å²) in [5.41, 5.74) is 2.78. The van der Waals surface area contributed by atoms with Crippen molar-refractivity contribution in [1.82, 2.24) is 9.88 Å². The molecule has 0 fully saturated rings. The summed E-state index contributed by atoms with van der Waals surface area (Å²) in [6.07, 6.45) is 0. The molecule has 1 amide bonds. The molecule has 0 spiro atoms. The average molecular weight is 272 g/mol. The summed E-state index contributed by atoms with van der Waals surface area (Å²) in [5, 5.41) is 1.15. The van der Waals surface area contributed by atoms with Gasteiger partial charge in [0.25, 0.3) is 0 Å². The van der Waals surface area contributed by atoms with Crippen molar-refractivity contribution in [3.63, 3.8) is 0 Å². The van der Waals surface area contributed by atoms with Crippen LogP contribution in [0.15, 0.2) is 24.3 Å². The van der Waals surface area contributed by atoms with Gasteiger partial charge in [-0.3, -0.25) is 4.79 Å². The first-order valence-corrected chi connectivity index (χ1v) is 7.30. The smallest absolute Gasteiger partial charge is 0.232 e. The number of benzene rings is 1. The molecular weight excluding hydrogens is 248 g/mol. The van der Waals surface area contributed by atoms with Crippen LogP contribution in [0.1, 0.15) is 39.0 Å².